The Bertz CT molecular complexity index is 824. The number of rotatable bonds is 4. The Labute approximate surface area is 147 Å². The predicted octanol–water partition coefficient (Wildman–Crippen LogP) is 2.34. The summed E-state index contributed by atoms with van der Waals surface area (Å²) in [4.78, 5) is 28.1. The molecular formula is C19H22N4O2. The first kappa shape index (κ1) is 17.0. The first-order valence-electron chi connectivity index (χ1n) is 8.23. The van der Waals surface area contributed by atoms with Crippen molar-refractivity contribution in [3.8, 4) is 0 Å². The van der Waals surface area contributed by atoms with E-state index in [1.54, 1.807) is 33.9 Å². The van der Waals surface area contributed by atoms with Crippen LogP contribution in [0.3, 0.4) is 0 Å². The van der Waals surface area contributed by atoms with Gasteiger partial charge in [-0.3, -0.25) is 14.3 Å². The molecule has 1 atom stereocenters. The summed E-state index contributed by atoms with van der Waals surface area (Å²) in [5.41, 5.74) is 3.03. The molecule has 0 bridgehead atoms. The number of amides is 2. The van der Waals surface area contributed by atoms with Crippen LogP contribution in [-0.4, -0.2) is 38.4 Å². The maximum Gasteiger partial charge on any atom is 0.225 e. The quantitative estimate of drug-likeness (QED) is 0.860. The lowest BCUT2D eigenvalue weighted by Gasteiger charge is -2.33. The maximum absolute atomic E-state index is 12.7. The van der Waals surface area contributed by atoms with Crippen LogP contribution >= 0.6 is 0 Å². The number of benzene rings is 1. The van der Waals surface area contributed by atoms with Gasteiger partial charge in [-0.25, -0.2) is 0 Å². The molecule has 25 heavy (non-hydrogen) atoms. The summed E-state index contributed by atoms with van der Waals surface area (Å²) in [6, 6.07) is 7.60. The number of carbonyl (C=O) groups is 2. The lowest BCUT2D eigenvalue weighted by Crippen LogP contribution is -2.35. The molecule has 0 radical (unpaired) electrons. The molecule has 1 aliphatic heterocycles. The average Bonchev–Trinajstić information content (AvgIpc) is 2.99. The van der Waals surface area contributed by atoms with Gasteiger partial charge in [-0.05, 0) is 17.2 Å². The molecule has 2 amide bonds. The molecule has 0 N–H and O–H groups in total. The van der Waals surface area contributed by atoms with Gasteiger partial charge in [-0.15, -0.1) is 0 Å². The first-order valence-corrected chi connectivity index (χ1v) is 8.23. The highest BCUT2D eigenvalue weighted by molar-refractivity contribution is 5.81. The van der Waals surface area contributed by atoms with Crippen molar-refractivity contribution in [2.24, 2.45) is 7.05 Å². The van der Waals surface area contributed by atoms with Crippen LogP contribution in [0.4, 0.5) is 0 Å². The van der Waals surface area contributed by atoms with E-state index in [9.17, 15) is 9.59 Å². The van der Waals surface area contributed by atoms with Crippen molar-refractivity contribution in [2.45, 2.75) is 25.9 Å². The van der Waals surface area contributed by atoms with Crippen molar-refractivity contribution >= 4 is 17.9 Å². The van der Waals surface area contributed by atoms with E-state index in [-0.39, 0.29) is 24.3 Å². The van der Waals surface area contributed by atoms with Gasteiger partial charge in [-0.1, -0.05) is 24.3 Å². The molecule has 3 rings (SSSR count). The zero-order valence-corrected chi connectivity index (χ0v) is 14.7. The van der Waals surface area contributed by atoms with Crippen molar-refractivity contribution < 1.29 is 9.59 Å². The van der Waals surface area contributed by atoms with Gasteiger partial charge < -0.3 is 9.80 Å². The van der Waals surface area contributed by atoms with Crippen LogP contribution in [0.15, 0.2) is 42.9 Å². The van der Waals surface area contributed by atoms with Crippen LogP contribution in [0, 0.1) is 0 Å². The van der Waals surface area contributed by atoms with E-state index >= 15 is 0 Å². The molecule has 1 aromatic heterocycles. The second-order valence-corrected chi connectivity index (χ2v) is 6.36. The van der Waals surface area contributed by atoms with Gasteiger partial charge in [0.1, 0.15) is 0 Å². The van der Waals surface area contributed by atoms with E-state index < -0.39 is 0 Å². The Kier molecular flexibility index (Phi) is 4.70. The number of aryl methyl sites for hydroxylation is 1. The summed E-state index contributed by atoms with van der Waals surface area (Å²) in [6.45, 7) is 2.02. The SMILES string of the molecule is CC(=O)N1C=Cc2ccccc2[C@@H]1CC(=O)N(C)Cc1cnn(C)c1. The summed E-state index contributed by atoms with van der Waals surface area (Å²) in [5, 5.41) is 4.13. The van der Waals surface area contributed by atoms with Gasteiger partial charge in [0.05, 0.1) is 18.7 Å². The summed E-state index contributed by atoms with van der Waals surface area (Å²) in [7, 11) is 3.62. The van der Waals surface area contributed by atoms with Gasteiger partial charge in [-0.2, -0.15) is 5.10 Å². The minimum Gasteiger partial charge on any atom is -0.341 e. The molecule has 0 fully saturated rings. The zero-order valence-electron chi connectivity index (χ0n) is 14.7. The van der Waals surface area contributed by atoms with Crippen LogP contribution in [0.25, 0.3) is 6.08 Å². The molecule has 130 valence electrons. The highest BCUT2D eigenvalue weighted by atomic mass is 16.2. The van der Waals surface area contributed by atoms with Gasteiger partial charge in [0.2, 0.25) is 11.8 Å². The molecule has 6 heteroatoms. The van der Waals surface area contributed by atoms with Crippen LogP contribution in [0.2, 0.25) is 0 Å². The van der Waals surface area contributed by atoms with Crippen molar-refractivity contribution in [3.05, 3.63) is 59.5 Å². The lowest BCUT2D eigenvalue weighted by molar-refractivity contribution is -0.134. The van der Waals surface area contributed by atoms with Crippen molar-refractivity contribution in [1.29, 1.82) is 0 Å². The summed E-state index contributed by atoms with van der Waals surface area (Å²) in [5.74, 6) is -0.0799. The van der Waals surface area contributed by atoms with E-state index in [0.717, 1.165) is 16.7 Å². The Hall–Kier alpha value is -2.89. The van der Waals surface area contributed by atoms with Crippen LogP contribution < -0.4 is 0 Å². The van der Waals surface area contributed by atoms with E-state index in [2.05, 4.69) is 5.10 Å². The van der Waals surface area contributed by atoms with Crippen LogP contribution in [0.5, 0.6) is 0 Å². The van der Waals surface area contributed by atoms with Gasteiger partial charge in [0.15, 0.2) is 0 Å². The fraction of sp³-hybridized carbons (Fsp3) is 0.316. The Morgan fingerprint density at radius 2 is 2.04 bits per heavy atom. The lowest BCUT2D eigenvalue weighted by atomic mass is 9.93. The largest absolute Gasteiger partial charge is 0.341 e. The smallest absolute Gasteiger partial charge is 0.225 e. The zero-order chi connectivity index (χ0) is 18.0. The standard InChI is InChI=1S/C19H22N4O2/c1-14(24)23-9-8-16-6-4-5-7-17(16)18(23)10-19(25)21(2)12-15-11-20-22(3)13-15/h4-9,11,13,18H,10,12H2,1-3H3/t18-/m0/s1. The fourth-order valence-corrected chi connectivity index (χ4v) is 3.15. The second-order valence-electron chi connectivity index (χ2n) is 6.36. The molecule has 6 nitrogen and oxygen atoms in total. The van der Waals surface area contributed by atoms with Gasteiger partial charge in [0.25, 0.3) is 0 Å². The number of nitrogens with zero attached hydrogens (tertiary/aromatic N) is 4. The van der Waals surface area contributed by atoms with Gasteiger partial charge in [0, 0.05) is 45.5 Å². The number of carbonyl (C=O) groups excluding carboxylic acids is 2. The summed E-state index contributed by atoms with van der Waals surface area (Å²) >= 11 is 0. The number of aromatic nitrogens is 2. The third kappa shape index (κ3) is 3.63. The third-order valence-corrected chi connectivity index (χ3v) is 4.44. The topological polar surface area (TPSA) is 58.4 Å². The summed E-state index contributed by atoms with van der Waals surface area (Å²) in [6.07, 6.45) is 7.58. The minimum atomic E-state index is -0.275. The molecule has 2 heterocycles. The second kappa shape index (κ2) is 6.93. The minimum absolute atomic E-state index is 0.00907. The number of hydrogen-bond donors (Lipinski definition) is 0. The van der Waals surface area contributed by atoms with E-state index in [1.165, 1.54) is 6.92 Å². The predicted molar refractivity (Wildman–Crippen MR) is 95.0 cm³/mol. The molecule has 0 aliphatic carbocycles. The van der Waals surface area contributed by atoms with Gasteiger partial charge >= 0.3 is 0 Å². The normalized spacial score (nSPS) is 15.8. The number of fused-ring (bicyclic) bond motifs is 1. The van der Waals surface area contributed by atoms with Crippen LogP contribution in [0.1, 0.15) is 36.1 Å². The molecular weight excluding hydrogens is 316 g/mol. The molecule has 0 spiro atoms. The Morgan fingerprint density at radius 3 is 2.72 bits per heavy atom. The van der Waals surface area contributed by atoms with E-state index in [0.29, 0.717) is 6.54 Å². The maximum atomic E-state index is 12.7. The molecule has 0 saturated carbocycles. The van der Waals surface area contributed by atoms with E-state index in [4.69, 9.17) is 0 Å². The molecule has 0 unspecified atom stereocenters. The Morgan fingerprint density at radius 1 is 1.28 bits per heavy atom. The molecule has 0 saturated heterocycles. The summed E-state index contributed by atoms with van der Waals surface area (Å²) < 4.78 is 1.72. The monoisotopic (exact) mass is 338 g/mol. The van der Waals surface area contributed by atoms with Crippen LogP contribution in [-0.2, 0) is 23.2 Å². The fourth-order valence-electron chi connectivity index (χ4n) is 3.15. The Balaban J connectivity index is 1.77. The van der Waals surface area contributed by atoms with Crippen molar-refractivity contribution in [1.82, 2.24) is 19.6 Å². The molecule has 2 aromatic rings. The molecule has 1 aromatic carbocycles. The number of hydrogen-bond acceptors (Lipinski definition) is 3. The highest BCUT2D eigenvalue weighted by Crippen LogP contribution is 2.33. The van der Waals surface area contributed by atoms with Crippen molar-refractivity contribution in [3.63, 3.8) is 0 Å². The van der Waals surface area contributed by atoms with E-state index in [1.807, 2.05) is 43.6 Å². The highest BCUT2D eigenvalue weighted by Gasteiger charge is 2.29. The van der Waals surface area contributed by atoms with Crippen molar-refractivity contribution in [2.75, 3.05) is 7.05 Å². The first-order chi connectivity index (χ1) is 12.0. The average molecular weight is 338 g/mol. The molecule has 1 aliphatic rings. The third-order valence-electron chi connectivity index (χ3n) is 4.44.